The molecule has 0 spiro atoms. The summed E-state index contributed by atoms with van der Waals surface area (Å²) in [6.45, 7) is 5.13. The van der Waals surface area contributed by atoms with Crippen molar-refractivity contribution in [3.05, 3.63) is 29.5 Å². The minimum absolute atomic E-state index is 0.00881. The molecule has 3 N–H and O–H groups in total. The molecule has 3 rings (SSSR count). The van der Waals surface area contributed by atoms with Crippen molar-refractivity contribution in [1.82, 2.24) is 14.5 Å². The van der Waals surface area contributed by atoms with E-state index in [1.165, 1.54) is 30.8 Å². The molecule has 0 unspecified atom stereocenters. The van der Waals surface area contributed by atoms with Gasteiger partial charge in [-0.25, -0.2) is 22.6 Å². The number of benzene rings is 1. The molecule has 0 saturated heterocycles. The average Bonchev–Trinajstić information content (AvgIpc) is 2.95. The number of nitrogens with one attached hydrogen (secondary N) is 2. The summed E-state index contributed by atoms with van der Waals surface area (Å²) in [7, 11) is -2.49. The van der Waals surface area contributed by atoms with Gasteiger partial charge in [0.15, 0.2) is 5.69 Å². The smallest absolute Gasteiger partial charge is 0.356 e. The molecule has 32 heavy (non-hydrogen) atoms. The molecule has 1 aromatic heterocycles. The number of anilines is 1. The second-order valence-electron chi connectivity index (χ2n) is 8.02. The van der Waals surface area contributed by atoms with E-state index < -0.39 is 16.0 Å². The number of aryl methyl sites for hydroxylation is 1. The summed E-state index contributed by atoms with van der Waals surface area (Å²) in [5.74, 6) is -1.32. The van der Waals surface area contributed by atoms with Crippen LogP contribution in [0.2, 0.25) is 0 Å². The van der Waals surface area contributed by atoms with Crippen LogP contribution in [0.25, 0.3) is 0 Å². The van der Waals surface area contributed by atoms with Crippen molar-refractivity contribution in [1.29, 1.82) is 0 Å². The number of hydrogen-bond acceptors (Lipinski definition) is 6. The molecule has 10 nitrogen and oxygen atoms in total. The summed E-state index contributed by atoms with van der Waals surface area (Å²) in [4.78, 5) is 23.5. The van der Waals surface area contributed by atoms with E-state index in [2.05, 4.69) is 15.1 Å². The molecular formula is C21H28N4O6S. The first kappa shape index (κ1) is 23.7. The van der Waals surface area contributed by atoms with E-state index in [0.717, 1.165) is 19.3 Å². The Hall–Kier alpha value is -2.92. The van der Waals surface area contributed by atoms with Gasteiger partial charge in [-0.1, -0.05) is 13.3 Å². The molecule has 1 fully saturated rings. The predicted octanol–water partition coefficient (Wildman–Crippen LogP) is 3.03. The molecule has 1 atom stereocenters. The number of aromatic nitrogens is 2. The molecule has 174 valence electrons. The minimum atomic E-state index is -4.00. The lowest BCUT2D eigenvalue weighted by Crippen LogP contribution is -2.32. The lowest BCUT2D eigenvalue weighted by atomic mass is 9.85. The normalized spacial score (nSPS) is 15.1. The fourth-order valence-electron chi connectivity index (χ4n) is 3.27. The maximum atomic E-state index is 13.1. The van der Waals surface area contributed by atoms with Gasteiger partial charge in [-0.2, -0.15) is 5.10 Å². The van der Waals surface area contributed by atoms with E-state index in [0.29, 0.717) is 12.1 Å². The first-order valence-electron chi connectivity index (χ1n) is 10.5. The number of carboxylic acids is 1. The molecule has 1 saturated carbocycles. The standard InChI is InChI=1S/C21H28N4O6S/c1-5-12(2)24-32(29,30)17-11-15(22-19(26)14-7-6-8-14)9-10-16(17)31-20-13(3)18(21(27)28)23-25(20)4/h9-12,14,24H,5-8H2,1-4H3,(H,22,26)(H,27,28)/t12-/m1/s1. The van der Waals surface area contributed by atoms with E-state index in [9.17, 15) is 23.1 Å². The van der Waals surface area contributed by atoms with Gasteiger partial charge in [0, 0.05) is 30.3 Å². The highest BCUT2D eigenvalue weighted by Gasteiger charge is 2.28. The summed E-state index contributed by atoms with van der Waals surface area (Å²) >= 11 is 0. The maximum absolute atomic E-state index is 13.1. The Kier molecular flexibility index (Phi) is 6.89. The van der Waals surface area contributed by atoms with Gasteiger partial charge >= 0.3 is 5.97 Å². The van der Waals surface area contributed by atoms with Gasteiger partial charge in [-0.05, 0) is 51.3 Å². The van der Waals surface area contributed by atoms with Crippen molar-refractivity contribution >= 4 is 27.6 Å². The first-order valence-corrected chi connectivity index (χ1v) is 11.9. The number of carboxylic acid groups (broad SMARTS) is 1. The van der Waals surface area contributed by atoms with Crippen LogP contribution in [0.15, 0.2) is 23.1 Å². The van der Waals surface area contributed by atoms with Crippen LogP contribution >= 0.6 is 0 Å². The first-order chi connectivity index (χ1) is 15.0. The van der Waals surface area contributed by atoms with Crippen LogP contribution in [-0.4, -0.2) is 41.2 Å². The predicted molar refractivity (Wildman–Crippen MR) is 117 cm³/mol. The third-order valence-electron chi connectivity index (χ3n) is 5.57. The summed E-state index contributed by atoms with van der Waals surface area (Å²) in [6.07, 6.45) is 3.22. The number of nitrogens with zero attached hydrogens (tertiary/aromatic N) is 2. The Balaban J connectivity index is 2.01. The molecule has 0 radical (unpaired) electrons. The number of sulfonamides is 1. The molecule has 1 aliphatic rings. The molecular weight excluding hydrogens is 436 g/mol. The highest BCUT2D eigenvalue weighted by Crippen LogP contribution is 2.34. The molecule has 1 aliphatic carbocycles. The van der Waals surface area contributed by atoms with Crippen molar-refractivity contribution in [2.75, 3.05) is 5.32 Å². The molecule has 0 aliphatic heterocycles. The summed E-state index contributed by atoms with van der Waals surface area (Å²) < 4.78 is 35.9. The number of amides is 1. The largest absolute Gasteiger partial charge is 0.476 e. The van der Waals surface area contributed by atoms with Crippen molar-refractivity contribution in [2.24, 2.45) is 13.0 Å². The zero-order valence-electron chi connectivity index (χ0n) is 18.5. The highest BCUT2D eigenvalue weighted by atomic mass is 32.2. The monoisotopic (exact) mass is 464 g/mol. The van der Waals surface area contributed by atoms with E-state index in [1.807, 2.05) is 6.92 Å². The van der Waals surface area contributed by atoms with Crippen LogP contribution < -0.4 is 14.8 Å². The number of carbonyl (C=O) groups excluding carboxylic acids is 1. The third kappa shape index (κ3) is 4.94. The second kappa shape index (κ2) is 9.29. The van der Waals surface area contributed by atoms with Crippen LogP contribution in [0.1, 0.15) is 55.6 Å². The molecule has 0 bridgehead atoms. The molecule has 1 aromatic carbocycles. The van der Waals surface area contributed by atoms with E-state index >= 15 is 0 Å². The Morgan fingerprint density at radius 2 is 2.03 bits per heavy atom. The Morgan fingerprint density at radius 1 is 1.34 bits per heavy atom. The van der Waals surface area contributed by atoms with Crippen molar-refractivity contribution in [3.8, 4) is 11.6 Å². The van der Waals surface area contributed by atoms with Gasteiger partial charge in [-0.15, -0.1) is 0 Å². The second-order valence-corrected chi connectivity index (χ2v) is 9.70. The molecule has 2 aromatic rings. The van der Waals surface area contributed by atoms with Crippen LogP contribution in [0.4, 0.5) is 5.69 Å². The minimum Gasteiger partial charge on any atom is -0.476 e. The third-order valence-corrected chi connectivity index (χ3v) is 7.19. The highest BCUT2D eigenvalue weighted by molar-refractivity contribution is 7.89. The van der Waals surface area contributed by atoms with Crippen molar-refractivity contribution in [2.45, 2.75) is 57.4 Å². The van der Waals surface area contributed by atoms with Crippen LogP contribution in [-0.2, 0) is 21.9 Å². The quantitative estimate of drug-likeness (QED) is 0.518. The van der Waals surface area contributed by atoms with Gasteiger partial charge in [0.05, 0.1) is 0 Å². The average molecular weight is 465 g/mol. The van der Waals surface area contributed by atoms with Gasteiger partial charge in [0.25, 0.3) is 0 Å². The van der Waals surface area contributed by atoms with Crippen LogP contribution in [0.5, 0.6) is 11.6 Å². The maximum Gasteiger partial charge on any atom is 0.356 e. The topological polar surface area (TPSA) is 140 Å². The molecule has 11 heteroatoms. The van der Waals surface area contributed by atoms with Gasteiger partial charge < -0.3 is 15.2 Å². The fraction of sp³-hybridized carbons (Fsp3) is 0.476. The number of ether oxygens (including phenoxy) is 1. The van der Waals surface area contributed by atoms with Crippen molar-refractivity contribution in [3.63, 3.8) is 0 Å². The fourth-order valence-corrected chi connectivity index (χ4v) is 4.75. The van der Waals surface area contributed by atoms with E-state index in [1.54, 1.807) is 13.0 Å². The summed E-state index contributed by atoms with van der Waals surface area (Å²) in [5, 5.41) is 16.0. The van der Waals surface area contributed by atoms with Gasteiger partial charge in [-0.3, -0.25) is 4.79 Å². The number of aromatic carboxylic acids is 1. The lowest BCUT2D eigenvalue weighted by molar-refractivity contribution is -0.122. The SMILES string of the molecule is CC[C@@H](C)NS(=O)(=O)c1cc(NC(=O)C2CCC2)ccc1Oc1c(C)c(C(=O)O)nn1C. The summed E-state index contributed by atoms with van der Waals surface area (Å²) in [6, 6.07) is 4.02. The Labute approximate surface area is 187 Å². The van der Waals surface area contributed by atoms with Crippen molar-refractivity contribution < 1.29 is 27.9 Å². The van der Waals surface area contributed by atoms with Crippen LogP contribution in [0.3, 0.4) is 0 Å². The molecule has 1 heterocycles. The van der Waals surface area contributed by atoms with Gasteiger partial charge in [0.2, 0.25) is 21.8 Å². The summed E-state index contributed by atoms with van der Waals surface area (Å²) in [5.41, 5.74) is 0.418. The molecule has 1 amide bonds. The Morgan fingerprint density at radius 3 is 2.56 bits per heavy atom. The number of rotatable bonds is 9. The van der Waals surface area contributed by atoms with E-state index in [-0.39, 0.29) is 45.6 Å². The zero-order chi connectivity index (χ0) is 23.6. The Bertz CT molecular complexity index is 1140. The lowest BCUT2D eigenvalue weighted by Gasteiger charge is -2.24. The number of carbonyl (C=O) groups is 2. The van der Waals surface area contributed by atoms with E-state index in [4.69, 9.17) is 4.74 Å². The number of hydrogen-bond donors (Lipinski definition) is 3. The zero-order valence-corrected chi connectivity index (χ0v) is 19.3. The van der Waals surface area contributed by atoms with Crippen LogP contribution in [0, 0.1) is 12.8 Å². The van der Waals surface area contributed by atoms with Gasteiger partial charge in [0.1, 0.15) is 10.6 Å².